The number of carbonyl (C=O) groups excluding carboxylic acids is 1. The van der Waals surface area contributed by atoms with Crippen molar-refractivity contribution >= 4 is 57.3 Å². The lowest BCUT2D eigenvalue weighted by Crippen LogP contribution is -2.33. The van der Waals surface area contributed by atoms with Gasteiger partial charge in [0.25, 0.3) is 0 Å². The number of nitrogens with one attached hydrogen (secondary N) is 2. The number of rotatable bonds is 8. The van der Waals surface area contributed by atoms with Crippen LogP contribution in [0.3, 0.4) is 0 Å². The Bertz CT molecular complexity index is 726. The van der Waals surface area contributed by atoms with Gasteiger partial charge in [0.1, 0.15) is 0 Å². The summed E-state index contributed by atoms with van der Waals surface area (Å²) in [5.41, 5.74) is 0.832. The summed E-state index contributed by atoms with van der Waals surface area (Å²) in [4.78, 5) is 12.4. The molecule has 1 amide bonds. The highest BCUT2D eigenvalue weighted by molar-refractivity contribution is 8.02. The molecule has 9 heteroatoms. The molecule has 0 fully saturated rings. The number of halogens is 2. The molecule has 1 aromatic carbocycles. The van der Waals surface area contributed by atoms with Crippen LogP contribution in [-0.4, -0.2) is 27.9 Å². The van der Waals surface area contributed by atoms with E-state index in [1.165, 1.54) is 23.1 Å². The molecule has 1 heterocycles. The minimum absolute atomic E-state index is 0.0817. The van der Waals surface area contributed by atoms with Crippen LogP contribution in [0.25, 0.3) is 0 Å². The van der Waals surface area contributed by atoms with Crippen molar-refractivity contribution < 1.29 is 4.79 Å². The quantitative estimate of drug-likeness (QED) is 0.588. The minimum atomic E-state index is -0.291. The maximum absolute atomic E-state index is 12.4. The van der Waals surface area contributed by atoms with Gasteiger partial charge in [0, 0.05) is 16.6 Å². The molecule has 25 heavy (non-hydrogen) atoms. The Labute approximate surface area is 165 Å². The molecule has 2 rings (SSSR count). The largest absolute Gasteiger partial charge is 0.360 e. The van der Waals surface area contributed by atoms with Gasteiger partial charge in [0.2, 0.25) is 11.0 Å². The Hall–Kier alpha value is -1.02. The van der Waals surface area contributed by atoms with Gasteiger partial charge in [-0.1, -0.05) is 59.3 Å². The number of nitrogens with zero attached hydrogens (tertiary/aromatic N) is 2. The SMILES string of the molecule is CCCNc1nnc(S[C@@H](C)C(=O)N[C@H](C)c2ccc(Cl)cc2Cl)s1. The summed E-state index contributed by atoms with van der Waals surface area (Å²) in [7, 11) is 0. The molecule has 1 aromatic heterocycles. The van der Waals surface area contributed by atoms with E-state index in [2.05, 4.69) is 27.8 Å². The van der Waals surface area contributed by atoms with Crippen molar-refractivity contribution in [3.05, 3.63) is 33.8 Å². The van der Waals surface area contributed by atoms with Crippen molar-refractivity contribution in [1.82, 2.24) is 15.5 Å². The summed E-state index contributed by atoms with van der Waals surface area (Å²) < 4.78 is 0.762. The molecule has 0 spiro atoms. The highest BCUT2D eigenvalue weighted by atomic mass is 35.5. The fraction of sp³-hybridized carbons (Fsp3) is 0.438. The highest BCUT2D eigenvalue weighted by Gasteiger charge is 2.20. The summed E-state index contributed by atoms with van der Waals surface area (Å²) in [6.45, 7) is 6.68. The van der Waals surface area contributed by atoms with E-state index >= 15 is 0 Å². The summed E-state index contributed by atoms with van der Waals surface area (Å²) in [5.74, 6) is -0.0817. The van der Waals surface area contributed by atoms with Crippen LogP contribution < -0.4 is 10.6 Å². The zero-order chi connectivity index (χ0) is 18.4. The Morgan fingerprint density at radius 1 is 1.32 bits per heavy atom. The first kappa shape index (κ1) is 20.3. The van der Waals surface area contributed by atoms with Gasteiger partial charge in [-0.15, -0.1) is 10.2 Å². The molecule has 0 aliphatic carbocycles. The first-order valence-electron chi connectivity index (χ1n) is 7.90. The third-order valence-electron chi connectivity index (χ3n) is 3.37. The van der Waals surface area contributed by atoms with E-state index in [1.807, 2.05) is 19.9 Å². The van der Waals surface area contributed by atoms with Crippen molar-refractivity contribution in [3.63, 3.8) is 0 Å². The topological polar surface area (TPSA) is 66.9 Å². The number of hydrogen-bond donors (Lipinski definition) is 2. The minimum Gasteiger partial charge on any atom is -0.360 e. The molecule has 2 atom stereocenters. The average Bonchev–Trinajstić information content (AvgIpc) is 3.00. The second-order valence-corrected chi connectivity index (χ2v) is 8.87. The smallest absolute Gasteiger partial charge is 0.233 e. The molecule has 2 aromatic rings. The van der Waals surface area contributed by atoms with E-state index in [-0.39, 0.29) is 17.2 Å². The first-order valence-corrected chi connectivity index (χ1v) is 10.3. The van der Waals surface area contributed by atoms with Crippen LogP contribution in [-0.2, 0) is 4.79 Å². The fourth-order valence-corrected chi connectivity index (χ4v) is 4.53. The highest BCUT2D eigenvalue weighted by Crippen LogP contribution is 2.30. The average molecular weight is 419 g/mol. The summed E-state index contributed by atoms with van der Waals surface area (Å²) in [6, 6.07) is 5.04. The van der Waals surface area contributed by atoms with Crippen LogP contribution in [0.1, 0.15) is 38.8 Å². The predicted octanol–water partition coefficient (Wildman–Crippen LogP) is 5.02. The van der Waals surface area contributed by atoms with Crippen molar-refractivity contribution in [2.24, 2.45) is 0 Å². The van der Waals surface area contributed by atoms with E-state index in [9.17, 15) is 4.79 Å². The molecular weight excluding hydrogens is 399 g/mol. The maximum atomic E-state index is 12.4. The lowest BCUT2D eigenvalue weighted by atomic mass is 10.1. The van der Waals surface area contributed by atoms with Gasteiger partial charge in [0.15, 0.2) is 4.34 Å². The molecule has 0 radical (unpaired) electrons. The molecular formula is C16H20Cl2N4OS2. The lowest BCUT2D eigenvalue weighted by molar-refractivity contribution is -0.120. The van der Waals surface area contributed by atoms with Gasteiger partial charge < -0.3 is 10.6 Å². The third-order valence-corrected chi connectivity index (χ3v) is 5.99. The van der Waals surface area contributed by atoms with E-state index in [0.717, 1.165) is 28.0 Å². The summed E-state index contributed by atoms with van der Waals surface area (Å²) in [5, 5.41) is 15.9. The zero-order valence-corrected chi connectivity index (χ0v) is 17.3. The lowest BCUT2D eigenvalue weighted by Gasteiger charge is -2.18. The number of hydrogen-bond acceptors (Lipinski definition) is 6. The number of carbonyl (C=O) groups is 1. The van der Waals surface area contributed by atoms with E-state index in [0.29, 0.717) is 10.0 Å². The zero-order valence-electron chi connectivity index (χ0n) is 14.2. The molecule has 0 aliphatic heterocycles. The van der Waals surface area contributed by atoms with Crippen molar-refractivity contribution in [3.8, 4) is 0 Å². The molecule has 0 saturated heterocycles. The van der Waals surface area contributed by atoms with Gasteiger partial charge in [-0.3, -0.25) is 4.79 Å². The van der Waals surface area contributed by atoms with Gasteiger partial charge in [-0.05, 0) is 38.0 Å². The molecule has 136 valence electrons. The molecule has 5 nitrogen and oxygen atoms in total. The van der Waals surface area contributed by atoms with E-state index in [1.54, 1.807) is 12.1 Å². The van der Waals surface area contributed by atoms with Gasteiger partial charge in [-0.2, -0.15) is 0 Å². The van der Waals surface area contributed by atoms with E-state index < -0.39 is 0 Å². The van der Waals surface area contributed by atoms with Crippen LogP contribution in [0, 0.1) is 0 Å². The standard InChI is InChI=1S/C16H20Cl2N4OS2/c1-4-7-19-15-21-22-16(25-15)24-10(3)14(23)20-9(2)12-6-5-11(17)8-13(12)18/h5-6,8-10H,4,7H2,1-3H3,(H,19,21)(H,20,23)/t9-,10+/m1/s1. The number of anilines is 1. The van der Waals surface area contributed by atoms with E-state index in [4.69, 9.17) is 23.2 Å². The molecule has 2 N–H and O–H groups in total. The van der Waals surface area contributed by atoms with Crippen LogP contribution >= 0.6 is 46.3 Å². The Morgan fingerprint density at radius 2 is 2.08 bits per heavy atom. The monoisotopic (exact) mass is 418 g/mol. The number of benzene rings is 1. The first-order chi connectivity index (χ1) is 11.9. The molecule has 0 unspecified atom stereocenters. The molecule has 0 aliphatic rings. The van der Waals surface area contributed by atoms with Crippen LogP contribution in [0.15, 0.2) is 22.5 Å². The number of aromatic nitrogens is 2. The normalized spacial score (nSPS) is 13.3. The molecule has 0 bridgehead atoms. The Balaban J connectivity index is 1.92. The van der Waals surface area contributed by atoms with Gasteiger partial charge >= 0.3 is 0 Å². The van der Waals surface area contributed by atoms with Gasteiger partial charge in [-0.25, -0.2) is 0 Å². The summed E-state index contributed by atoms with van der Waals surface area (Å²) >= 11 is 14.9. The van der Waals surface area contributed by atoms with Crippen LogP contribution in [0.5, 0.6) is 0 Å². The van der Waals surface area contributed by atoms with Crippen LogP contribution in [0.4, 0.5) is 5.13 Å². The second kappa shape index (κ2) is 9.62. The van der Waals surface area contributed by atoms with Crippen LogP contribution in [0.2, 0.25) is 10.0 Å². The Kier molecular flexibility index (Phi) is 7.81. The van der Waals surface area contributed by atoms with Crippen molar-refractivity contribution in [2.75, 3.05) is 11.9 Å². The fourth-order valence-electron chi connectivity index (χ4n) is 2.03. The molecule has 0 saturated carbocycles. The Morgan fingerprint density at radius 3 is 2.76 bits per heavy atom. The predicted molar refractivity (Wildman–Crippen MR) is 107 cm³/mol. The number of amides is 1. The number of thioether (sulfide) groups is 1. The second-order valence-electron chi connectivity index (χ2n) is 5.46. The summed E-state index contributed by atoms with van der Waals surface area (Å²) in [6.07, 6.45) is 1.02. The van der Waals surface area contributed by atoms with Gasteiger partial charge in [0.05, 0.1) is 11.3 Å². The van der Waals surface area contributed by atoms with Crippen molar-refractivity contribution in [1.29, 1.82) is 0 Å². The third kappa shape index (κ3) is 6.02. The maximum Gasteiger partial charge on any atom is 0.233 e. The van der Waals surface area contributed by atoms with Crippen molar-refractivity contribution in [2.45, 2.75) is 42.8 Å².